The molecule has 1 aliphatic heterocycles. The molecule has 0 atom stereocenters. The highest BCUT2D eigenvalue weighted by molar-refractivity contribution is 7.89. The second-order valence-electron chi connectivity index (χ2n) is 10.1. The number of fused-ring (bicyclic) bond motifs is 1. The fraction of sp³-hybridized carbons (Fsp3) is 0.400. The predicted octanol–water partition coefficient (Wildman–Crippen LogP) is 4.00. The molecule has 7 nitrogen and oxygen atoms in total. The molecular formula is C30H37N3O4S. The molecule has 0 aromatic heterocycles. The number of nitrogens with zero attached hydrogens (tertiary/aromatic N) is 1. The van der Waals surface area contributed by atoms with Crippen LogP contribution in [-0.4, -0.2) is 59.8 Å². The Morgan fingerprint density at radius 2 is 1.58 bits per heavy atom. The van der Waals surface area contributed by atoms with Crippen LogP contribution in [0.3, 0.4) is 0 Å². The van der Waals surface area contributed by atoms with Gasteiger partial charge in [-0.2, -0.15) is 0 Å². The van der Waals surface area contributed by atoms with Crippen molar-refractivity contribution in [1.82, 2.24) is 14.9 Å². The van der Waals surface area contributed by atoms with E-state index in [-0.39, 0.29) is 4.90 Å². The summed E-state index contributed by atoms with van der Waals surface area (Å²) in [4.78, 5) is 2.42. The fourth-order valence-corrected chi connectivity index (χ4v) is 6.75. The molecule has 1 heterocycles. The van der Waals surface area contributed by atoms with Crippen molar-refractivity contribution < 1.29 is 17.9 Å². The van der Waals surface area contributed by atoms with Gasteiger partial charge in [0.25, 0.3) is 0 Å². The van der Waals surface area contributed by atoms with Crippen LogP contribution >= 0.6 is 0 Å². The highest BCUT2D eigenvalue weighted by atomic mass is 32.2. The summed E-state index contributed by atoms with van der Waals surface area (Å²) < 4.78 is 40.4. The number of benzene rings is 3. The standard InChI is InChI=1S/C30H37N3O4S/c1-36-28-11-9-22(21-31-26-18-23-7-3-4-8-24(23)19-26)17-27(28)25-10-12-29(37-2)30(20-25)38(34,35)32-13-16-33-14-5-6-15-33/h3-4,7-12,17,20,26,31-32H,5-6,13-16,18-19,21H2,1-2H3. The summed E-state index contributed by atoms with van der Waals surface area (Å²) in [6, 6.07) is 20.4. The number of likely N-dealkylation sites (tertiary alicyclic amines) is 1. The Morgan fingerprint density at radius 3 is 2.26 bits per heavy atom. The van der Waals surface area contributed by atoms with E-state index in [0.717, 1.165) is 49.2 Å². The number of methoxy groups -OCH3 is 2. The highest BCUT2D eigenvalue weighted by Gasteiger charge is 2.23. The van der Waals surface area contributed by atoms with E-state index in [1.807, 2.05) is 12.1 Å². The maximum Gasteiger partial charge on any atom is 0.244 e. The summed E-state index contributed by atoms with van der Waals surface area (Å²) in [5, 5.41) is 3.69. The zero-order chi connectivity index (χ0) is 26.5. The first-order chi connectivity index (χ1) is 18.5. The summed E-state index contributed by atoms with van der Waals surface area (Å²) in [5.74, 6) is 1.01. The van der Waals surface area contributed by atoms with Crippen molar-refractivity contribution in [3.63, 3.8) is 0 Å². The first-order valence-electron chi connectivity index (χ1n) is 13.3. The van der Waals surface area contributed by atoms with Crippen molar-refractivity contribution in [2.45, 2.75) is 43.2 Å². The first-order valence-corrected chi connectivity index (χ1v) is 14.8. The van der Waals surface area contributed by atoms with Crippen molar-refractivity contribution in [3.8, 4) is 22.6 Å². The monoisotopic (exact) mass is 535 g/mol. The third kappa shape index (κ3) is 6.04. The largest absolute Gasteiger partial charge is 0.496 e. The molecule has 8 heteroatoms. The Morgan fingerprint density at radius 1 is 0.895 bits per heavy atom. The fourth-order valence-electron chi connectivity index (χ4n) is 5.53. The third-order valence-electron chi connectivity index (χ3n) is 7.59. The molecule has 1 fully saturated rings. The van der Waals surface area contributed by atoms with E-state index in [1.165, 1.54) is 31.1 Å². The van der Waals surface area contributed by atoms with Gasteiger partial charge in [0.05, 0.1) is 14.2 Å². The van der Waals surface area contributed by atoms with Gasteiger partial charge in [-0.15, -0.1) is 0 Å². The van der Waals surface area contributed by atoms with Crippen molar-refractivity contribution in [3.05, 3.63) is 77.4 Å². The van der Waals surface area contributed by atoms with Crippen LogP contribution in [0, 0.1) is 0 Å². The van der Waals surface area contributed by atoms with E-state index >= 15 is 0 Å². The SMILES string of the molecule is COc1ccc(CNC2Cc3ccccc3C2)cc1-c1ccc(OC)c(S(=O)(=O)NCCN2CCCC2)c1. The van der Waals surface area contributed by atoms with Gasteiger partial charge in [-0.3, -0.25) is 0 Å². The highest BCUT2D eigenvalue weighted by Crippen LogP contribution is 2.35. The van der Waals surface area contributed by atoms with Gasteiger partial charge in [-0.25, -0.2) is 13.1 Å². The molecule has 1 saturated heterocycles. The number of sulfonamides is 1. The number of rotatable bonds is 11. The third-order valence-corrected chi connectivity index (χ3v) is 9.07. The van der Waals surface area contributed by atoms with Crippen molar-refractivity contribution >= 4 is 10.0 Å². The van der Waals surface area contributed by atoms with E-state index in [4.69, 9.17) is 9.47 Å². The molecule has 2 N–H and O–H groups in total. The van der Waals surface area contributed by atoms with Crippen molar-refractivity contribution in [2.24, 2.45) is 0 Å². The molecule has 3 aromatic rings. The van der Waals surface area contributed by atoms with Crippen LogP contribution in [0.5, 0.6) is 11.5 Å². The van der Waals surface area contributed by atoms with Crippen LogP contribution in [0.1, 0.15) is 29.5 Å². The molecule has 5 rings (SSSR count). The summed E-state index contributed by atoms with van der Waals surface area (Å²) in [5.41, 5.74) is 5.55. The normalized spacial score (nSPS) is 16.1. The van der Waals surface area contributed by atoms with Crippen molar-refractivity contribution in [1.29, 1.82) is 0 Å². The Bertz CT molecular complexity index is 1340. The van der Waals surface area contributed by atoms with Crippen molar-refractivity contribution in [2.75, 3.05) is 40.4 Å². The average molecular weight is 536 g/mol. The van der Waals surface area contributed by atoms with Crippen LogP contribution < -0.4 is 19.5 Å². The Balaban J connectivity index is 1.33. The van der Waals surface area contributed by atoms with Gasteiger partial charge in [-0.05, 0) is 85.3 Å². The van der Waals surface area contributed by atoms with Gasteiger partial charge in [0.15, 0.2) is 0 Å². The zero-order valence-electron chi connectivity index (χ0n) is 22.2. The lowest BCUT2D eigenvalue weighted by molar-refractivity contribution is 0.344. The summed E-state index contributed by atoms with van der Waals surface area (Å²) in [7, 11) is -0.632. The van der Waals surface area contributed by atoms with Crippen LogP contribution in [-0.2, 0) is 29.4 Å². The summed E-state index contributed by atoms with van der Waals surface area (Å²) in [6.45, 7) is 3.84. The Hall–Kier alpha value is -2.91. The average Bonchev–Trinajstić information content (AvgIpc) is 3.61. The maximum absolute atomic E-state index is 13.3. The molecule has 38 heavy (non-hydrogen) atoms. The van der Waals surface area contributed by atoms with Gasteiger partial charge < -0.3 is 19.7 Å². The molecule has 0 bridgehead atoms. The van der Waals surface area contributed by atoms with Crippen LogP contribution in [0.2, 0.25) is 0 Å². The predicted molar refractivity (Wildman–Crippen MR) is 150 cm³/mol. The van der Waals surface area contributed by atoms with Crippen LogP contribution in [0.15, 0.2) is 65.6 Å². The molecule has 3 aromatic carbocycles. The molecule has 0 spiro atoms. The zero-order valence-corrected chi connectivity index (χ0v) is 23.0. The minimum atomic E-state index is -3.76. The molecule has 0 radical (unpaired) electrons. The molecule has 0 saturated carbocycles. The molecule has 2 aliphatic rings. The topological polar surface area (TPSA) is 79.9 Å². The maximum atomic E-state index is 13.3. The first kappa shape index (κ1) is 26.7. The van der Waals surface area contributed by atoms with Gasteiger partial charge in [0.1, 0.15) is 16.4 Å². The summed E-state index contributed by atoms with van der Waals surface area (Å²) in [6.07, 6.45) is 4.41. The number of ether oxygens (including phenoxy) is 2. The Kier molecular flexibility index (Phi) is 8.33. The van der Waals surface area contributed by atoms with E-state index in [9.17, 15) is 8.42 Å². The van der Waals surface area contributed by atoms with E-state index < -0.39 is 10.0 Å². The Labute approximate surface area is 226 Å². The van der Waals surface area contributed by atoms with Gasteiger partial charge >= 0.3 is 0 Å². The molecule has 0 unspecified atom stereocenters. The number of nitrogens with one attached hydrogen (secondary N) is 2. The van der Waals surface area contributed by atoms with Crippen LogP contribution in [0.4, 0.5) is 0 Å². The lowest BCUT2D eigenvalue weighted by Crippen LogP contribution is -2.33. The quantitative estimate of drug-likeness (QED) is 0.386. The minimum absolute atomic E-state index is 0.133. The lowest BCUT2D eigenvalue weighted by Gasteiger charge is -2.17. The lowest BCUT2D eigenvalue weighted by atomic mass is 10.0. The molecule has 0 amide bonds. The second kappa shape index (κ2) is 11.9. The van der Waals surface area contributed by atoms with E-state index in [2.05, 4.69) is 51.3 Å². The van der Waals surface area contributed by atoms with Gasteiger partial charge in [0.2, 0.25) is 10.0 Å². The smallest absolute Gasteiger partial charge is 0.244 e. The second-order valence-corrected chi connectivity index (χ2v) is 11.8. The van der Waals surface area contributed by atoms with Gasteiger partial charge in [0, 0.05) is 31.2 Å². The molecular weight excluding hydrogens is 498 g/mol. The van der Waals surface area contributed by atoms with Gasteiger partial charge in [-0.1, -0.05) is 36.4 Å². The molecule has 202 valence electrons. The number of hydrogen-bond donors (Lipinski definition) is 2. The van der Waals surface area contributed by atoms with Crippen LogP contribution in [0.25, 0.3) is 11.1 Å². The van der Waals surface area contributed by atoms with E-state index in [1.54, 1.807) is 19.2 Å². The van der Waals surface area contributed by atoms with E-state index in [0.29, 0.717) is 30.6 Å². The minimum Gasteiger partial charge on any atom is -0.496 e. The molecule has 1 aliphatic carbocycles. The number of hydrogen-bond acceptors (Lipinski definition) is 6. The summed E-state index contributed by atoms with van der Waals surface area (Å²) >= 11 is 0.